The predicted molar refractivity (Wildman–Crippen MR) is 131 cm³/mol. The van der Waals surface area contributed by atoms with Crippen LogP contribution in [0.25, 0.3) is 0 Å². The molecule has 0 saturated carbocycles. The molecule has 0 saturated heterocycles. The quantitative estimate of drug-likeness (QED) is 0.118. The standard InChI is InChI=1S/C23H43N7O2/c24-12-5-15-27-13-3-4-14-28-16-6-18-30-23(32)21(26)7-1-2-17-29-22(31)19-8-10-20(25)11-9-19/h8-11,21,27-28H,1-7,12-18,24-26H2,(H,29,31)(H,30,32)/t21-/m0/s1. The van der Waals surface area contributed by atoms with Crippen molar-refractivity contribution in [3.8, 4) is 0 Å². The maximum atomic E-state index is 12.1. The van der Waals surface area contributed by atoms with E-state index < -0.39 is 6.04 Å². The second-order valence-electron chi connectivity index (χ2n) is 7.97. The normalized spacial score (nSPS) is 11.8. The van der Waals surface area contributed by atoms with Gasteiger partial charge in [-0.3, -0.25) is 9.59 Å². The topological polar surface area (TPSA) is 160 Å². The number of unbranched alkanes of at least 4 members (excludes halogenated alkanes) is 2. The maximum Gasteiger partial charge on any atom is 0.251 e. The molecule has 0 bridgehead atoms. The SMILES string of the molecule is NCCCNCCCCNCCCNC(=O)[C@@H](N)CCCCNC(=O)c1ccc(N)cc1. The zero-order chi connectivity index (χ0) is 23.4. The van der Waals surface area contributed by atoms with Crippen LogP contribution in [0.2, 0.25) is 0 Å². The van der Waals surface area contributed by atoms with E-state index in [1.165, 1.54) is 0 Å². The lowest BCUT2D eigenvalue weighted by Crippen LogP contribution is -2.41. The molecule has 9 nitrogen and oxygen atoms in total. The highest BCUT2D eigenvalue weighted by Gasteiger charge is 2.12. The molecule has 1 aromatic rings. The van der Waals surface area contributed by atoms with Gasteiger partial charge in [0.25, 0.3) is 5.91 Å². The molecule has 2 amide bonds. The van der Waals surface area contributed by atoms with Crippen molar-refractivity contribution in [3.63, 3.8) is 0 Å². The fourth-order valence-electron chi connectivity index (χ4n) is 3.09. The van der Waals surface area contributed by atoms with Gasteiger partial charge in [0, 0.05) is 24.3 Å². The van der Waals surface area contributed by atoms with E-state index >= 15 is 0 Å². The summed E-state index contributed by atoms with van der Waals surface area (Å²) in [6.45, 7) is 5.80. The second-order valence-corrected chi connectivity index (χ2v) is 7.97. The third-order valence-corrected chi connectivity index (χ3v) is 5.08. The van der Waals surface area contributed by atoms with Crippen molar-refractivity contribution in [2.75, 3.05) is 51.5 Å². The Kier molecular flexibility index (Phi) is 16.0. The van der Waals surface area contributed by atoms with Crippen molar-refractivity contribution in [3.05, 3.63) is 29.8 Å². The fourth-order valence-corrected chi connectivity index (χ4v) is 3.09. The molecule has 9 heteroatoms. The molecule has 0 spiro atoms. The predicted octanol–water partition coefficient (Wildman–Crippen LogP) is 0.311. The van der Waals surface area contributed by atoms with Crippen molar-refractivity contribution in [1.29, 1.82) is 0 Å². The van der Waals surface area contributed by atoms with E-state index in [-0.39, 0.29) is 11.8 Å². The van der Waals surface area contributed by atoms with E-state index in [2.05, 4.69) is 21.3 Å². The van der Waals surface area contributed by atoms with Crippen molar-refractivity contribution in [2.24, 2.45) is 11.5 Å². The lowest BCUT2D eigenvalue weighted by Gasteiger charge is -2.12. The average Bonchev–Trinajstić information content (AvgIpc) is 2.79. The molecule has 10 N–H and O–H groups in total. The number of nitrogen functional groups attached to an aromatic ring is 1. The average molecular weight is 450 g/mol. The molecule has 0 aliphatic carbocycles. The summed E-state index contributed by atoms with van der Waals surface area (Å²) in [6.07, 6.45) is 6.33. The summed E-state index contributed by atoms with van der Waals surface area (Å²) < 4.78 is 0. The summed E-state index contributed by atoms with van der Waals surface area (Å²) in [6, 6.07) is 6.29. The Bertz CT molecular complexity index is 625. The summed E-state index contributed by atoms with van der Waals surface area (Å²) in [5, 5.41) is 12.5. The van der Waals surface area contributed by atoms with Crippen molar-refractivity contribution < 1.29 is 9.59 Å². The van der Waals surface area contributed by atoms with Crippen molar-refractivity contribution in [1.82, 2.24) is 21.3 Å². The lowest BCUT2D eigenvalue weighted by atomic mass is 10.1. The first kappa shape index (κ1) is 27.8. The van der Waals surface area contributed by atoms with E-state index in [0.717, 1.165) is 71.2 Å². The van der Waals surface area contributed by atoms with Crippen LogP contribution < -0.4 is 38.5 Å². The smallest absolute Gasteiger partial charge is 0.251 e. The first-order chi connectivity index (χ1) is 15.5. The van der Waals surface area contributed by atoms with Gasteiger partial charge in [-0.2, -0.15) is 0 Å². The molecule has 0 aliphatic heterocycles. The molecular formula is C23H43N7O2. The van der Waals surface area contributed by atoms with Gasteiger partial charge in [0.15, 0.2) is 0 Å². The number of anilines is 1. The van der Waals surface area contributed by atoms with E-state index in [1.807, 2.05) is 0 Å². The monoisotopic (exact) mass is 449 g/mol. The van der Waals surface area contributed by atoms with Gasteiger partial charge in [0.2, 0.25) is 5.91 Å². The number of benzene rings is 1. The lowest BCUT2D eigenvalue weighted by molar-refractivity contribution is -0.122. The molecule has 0 aromatic heterocycles. The molecule has 182 valence electrons. The maximum absolute atomic E-state index is 12.1. The van der Waals surface area contributed by atoms with Crippen molar-refractivity contribution in [2.45, 2.75) is 51.0 Å². The van der Waals surface area contributed by atoms with E-state index in [4.69, 9.17) is 17.2 Å². The summed E-state index contributed by atoms with van der Waals surface area (Å²) in [5.41, 5.74) is 18.2. The van der Waals surface area contributed by atoms with Crippen LogP contribution in [-0.4, -0.2) is 63.7 Å². The Balaban J connectivity index is 1.93. The van der Waals surface area contributed by atoms with Gasteiger partial charge in [-0.25, -0.2) is 0 Å². The molecule has 0 unspecified atom stereocenters. The van der Waals surface area contributed by atoms with Crippen LogP contribution in [0.5, 0.6) is 0 Å². The number of carbonyl (C=O) groups excluding carboxylic acids is 2. The minimum atomic E-state index is -0.512. The van der Waals surface area contributed by atoms with Crippen LogP contribution in [-0.2, 0) is 4.79 Å². The molecule has 0 aliphatic rings. The number of hydrogen-bond acceptors (Lipinski definition) is 7. The van der Waals surface area contributed by atoms with Crippen LogP contribution in [0, 0.1) is 0 Å². The minimum Gasteiger partial charge on any atom is -0.399 e. The van der Waals surface area contributed by atoms with Gasteiger partial charge in [0.05, 0.1) is 6.04 Å². The molecule has 0 heterocycles. The van der Waals surface area contributed by atoms with E-state index in [1.54, 1.807) is 24.3 Å². The van der Waals surface area contributed by atoms with Gasteiger partial charge in [-0.1, -0.05) is 0 Å². The van der Waals surface area contributed by atoms with Crippen LogP contribution in [0.15, 0.2) is 24.3 Å². The Morgan fingerprint density at radius 1 is 0.750 bits per heavy atom. The highest BCUT2D eigenvalue weighted by molar-refractivity contribution is 5.94. The molecule has 1 atom stereocenters. The van der Waals surface area contributed by atoms with Gasteiger partial charge >= 0.3 is 0 Å². The Labute approximate surface area is 192 Å². The third-order valence-electron chi connectivity index (χ3n) is 5.08. The number of nitrogens with one attached hydrogen (secondary N) is 4. The third kappa shape index (κ3) is 14.0. The van der Waals surface area contributed by atoms with Crippen molar-refractivity contribution >= 4 is 17.5 Å². The Hall–Kier alpha value is -2.20. The summed E-state index contributed by atoms with van der Waals surface area (Å²) in [4.78, 5) is 24.1. The molecular weight excluding hydrogens is 406 g/mol. The largest absolute Gasteiger partial charge is 0.399 e. The van der Waals surface area contributed by atoms with Crippen LogP contribution in [0.4, 0.5) is 5.69 Å². The summed E-state index contributed by atoms with van der Waals surface area (Å²) in [5.74, 6) is -0.237. The van der Waals surface area contributed by atoms with Gasteiger partial charge in [0.1, 0.15) is 0 Å². The summed E-state index contributed by atoms with van der Waals surface area (Å²) in [7, 11) is 0. The zero-order valence-electron chi connectivity index (χ0n) is 19.3. The zero-order valence-corrected chi connectivity index (χ0v) is 19.3. The van der Waals surface area contributed by atoms with Gasteiger partial charge < -0.3 is 38.5 Å². The van der Waals surface area contributed by atoms with Crippen LogP contribution >= 0.6 is 0 Å². The van der Waals surface area contributed by atoms with Gasteiger partial charge in [-0.15, -0.1) is 0 Å². The fraction of sp³-hybridized carbons (Fsp3) is 0.652. The Morgan fingerprint density at radius 3 is 1.97 bits per heavy atom. The van der Waals surface area contributed by atoms with Crippen LogP contribution in [0.1, 0.15) is 55.3 Å². The Morgan fingerprint density at radius 2 is 1.31 bits per heavy atom. The second kappa shape index (κ2) is 18.4. The highest BCUT2D eigenvalue weighted by atomic mass is 16.2. The number of amides is 2. The van der Waals surface area contributed by atoms with E-state index in [9.17, 15) is 9.59 Å². The molecule has 1 aromatic carbocycles. The molecule has 0 fully saturated rings. The first-order valence-corrected chi connectivity index (χ1v) is 11.8. The number of rotatable bonds is 19. The van der Waals surface area contributed by atoms with Crippen LogP contribution in [0.3, 0.4) is 0 Å². The molecule has 0 radical (unpaired) electrons. The summed E-state index contributed by atoms with van der Waals surface area (Å²) >= 11 is 0. The van der Waals surface area contributed by atoms with Gasteiger partial charge in [-0.05, 0) is 102 Å². The number of hydrogen-bond donors (Lipinski definition) is 7. The molecule has 1 rings (SSSR count). The minimum absolute atomic E-state index is 0.112. The highest BCUT2D eigenvalue weighted by Crippen LogP contribution is 2.05. The number of nitrogens with two attached hydrogens (primary N) is 3. The molecule has 32 heavy (non-hydrogen) atoms. The van der Waals surface area contributed by atoms with E-state index in [0.29, 0.717) is 30.8 Å². The number of carbonyl (C=O) groups is 2. The first-order valence-electron chi connectivity index (χ1n) is 11.8.